The highest BCUT2D eigenvalue weighted by Crippen LogP contribution is 2.34. The molecule has 0 saturated carbocycles. The quantitative estimate of drug-likeness (QED) is 0.474. The van der Waals surface area contributed by atoms with Crippen molar-refractivity contribution in [3.8, 4) is 0 Å². The van der Waals surface area contributed by atoms with Gasteiger partial charge < -0.3 is 9.64 Å². The van der Waals surface area contributed by atoms with Crippen LogP contribution in [0.1, 0.15) is 6.42 Å². The Morgan fingerprint density at radius 3 is 2.95 bits per heavy atom. The molecule has 1 aliphatic rings. The molecule has 1 fully saturated rings. The van der Waals surface area contributed by atoms with Gasteiger partial charge in [-0.25, -0.2) is 0 Å². The normalized spacial score (nSPS) is 18.4. The zero-order chi connectivity index (χ0) is 14.0. The van der Waals surface area contributed by atoms with E-state index in [0.717, 1.165) is 6.07 Å². The van der Waals surface area contributed by atoms with E-state index in [-0.39, 0.29) is 17.6 Å². The molecular weight excluding hydrogens is 255 g/mol. The van der Waals surface area contributed by atoms with E-state index in [1.165, 1.54) is 19.2 Å². The maximum Gasteiger partial charge on any atom is 0.327 e. The lowest BCUT2D eigenvalue weighted by Crippen LogP contribution is -2.24. The number of methoxy groups -OCH3 is 1. The second-order valence-corrected chi connectivity index (χ2v) is 4.32. The van der Waals surface area contributed by atoms with Gasteiger partial charge in [-0.2, -0.15) is 4.39 Å². The fraction of sp³-hybridized carbons (Fsp3) is 0.417. The summed E-state index contributed by atoms with van der Waals surface area (Å²) >= 11 is 0. The number of carbonyl (C=O) groups excluding carboxylic acids is 1. The summed E-state index contributed by atoms with van der Waals surface area (Å²) in [5.41, 5.74) is -0.343. The highest BCUT2D eigenvalue weighted by atomic mass is 19.1. The number of anilines is 1. The average molecular weight is 268 g/mol. The summed E-state index contributed by atoms with van der Waals surface area (Å²) in [6.45, 7) is 0.765. The third kappa shape index (κ3) is 2.49. The van der Waals surface area contributed by atoms with Crippen molar-refractivity contribution in [3.63, 3.8) is 0 Å². The third-order valence-electron chi connectivity index (χ3n) is 3.21. The molecular formula is C12H13FN2O4. The largest absolute Gasteiger partial charge is 0.469 e. The molecule has 1 heterocycles. The van der Waals surface area contributed by atoms with Crippen molar-refractivity contribution >= 4 is 17.3 Å². The van der Waals surface area contributed by atoms with Crippen molar-refractivity contribution in [2.45, 2.75) is 6.42 Å². The van der Waals surface area contributed by atoms with Crippen molar-refractivity contribution in [1.29, 1.82) is 0 Å². The number of nitro groups is 1. The predicted molar refractivity (Wildman–Crippen MR) is 65.4 cm³/mol. The Balaban J connectivity index is 2.27. The monoisotopic (exact) mass is 268 g/mol. The van der Waals surface area contributed by atoms with Gasteiger partial charge in [-0.15, -0.1) is 0 Å². The first-order valence-electron chi connectivity index (χ1n) is 5.80. The van der Waals surface area contributed by atoms with E-state index in [1.54, 1.807) is 4.90 Å². The van der Waals surface area contributed by atoms with Crippen LogP contribution in [0.4, 0.5) is 15.8 Å². The number of halogens is 1. The van der Waals surface area contributed by atoms with E-state index < -0.39 is 16.4 Å². The highest BCUT2D eigenvalue weighted by Gasteiger charge is 2.33. The number of nitro benzene ring substituents is 1. The summed E-state index contributed by atoms with van der Waals surface area (Å²) < 4.78 is 18.2. The van der Waals surface area contributed by atoms with E-state index >= 15 is 0 Å². The van der Waals surface area contributed by atoms with E-state index in [4.69, 9.17) is 0 Å². The highest BCUT2D eigenvalue weighted by molar-refractivity contribution is 5.75. The number of hydrogen-bond acceptors (Lipinski definition) is 5. The molecule has 1 atom stereocenters. The molecule has 1 unspecified atom stereocenters. The number of ether oxygens (including phenoxy) is 1. The molecule has 0 N–H and O–H groups in total. The van der Waals surface area contributed by atoms with Crippen LogP contribution in [0.5, 0.6) is 0 Å². The topological polar surface area (TPSA) is 72.7 Å². The fourth-order valence-electron chi connectivity index (χ4n) is 2.28. The number of para-hydroxylation sites is 1. The molecule has 2 rings (SSSR count). The molecule has 7 heteroatoms. The van der Waals surface area contributed by atoms with Crippen LogP contribution in [0.2, 0.25) is 0 Å². The summed E-state index contributed by atoms with van der Waals surface area (Å²) in [5.74, 6) is -1.54. The molecule has 1 aromatic carbocycles. The van der Waals surface area contributed by atoms with E-state index in [2.05, 4.69) is 4.74 Å². The first kappa shape index (κ1) is 13.3. The van der Waals surface area contributed by atoms with Crippen LogP contribution in [0, 0.1) is 21.8 Å². The molecule has 0 radical (unpaired) electrons. The third-order valence-corrected chi connectivity index (χ3v) is 3.21. The Morgan fingerprint density at radius 2 is 2.32 bits per heavy atom. The van der Waals surface area contributed by atoms with Crippen LogP contribution in [0.15, 0.2) is 18.2 Å². The SMILES string of the molecule is COC(=O)C1CCN(c2cccc(F)c2[N+](=O)[O-])C1. The van der Waals surface area contributed by atoms with Gasteiger partial charge in [-0.3, -0.25) is 14.9 Å². The Labute approximate surface area is 108 Å². The molecule has 102 valence electrons. The van der Waals surface area contributed by atoms with Crippen LogP contribution < -0.4 is 4.90 Å². The Bertz CT molecular complexity index is 520. The van der Waals surface area contributed by atoms with Crippen molar-refractivity contribution in [3.05, 3.63) is 34.1 Å². The maximum atomic E-state index is 13.5. The Morgan fingerprint density at radius 1 is 1.58 bits per heavy atom. The molecule has 1 aliphatic heterocycles. The molecule has 1 saturated heterocycles. The van der Waals surface area contributed by atoms with Crippen LogP contribution in [-0.2, 0) is 9.53 Å². The smallest absolute Gasteiger partial charge is 0.327 e. The van der Waals surface area contributed by atoms with Gasteiger partial charge in [0.2, 0.25) is 5.82 Å². The number of carbonyl (C=O) groups is 1. The summed E-state index contributed by atoms with van der Waals surface area (Å²) in [7, 11) is 1.30. The second kappa shape index (κ2) is 5.21. The lowest BCUT2D eigenvalue weighted by atomic mass is 10.1. The molecule has 0 amide bonds. The fourth-order valence-corrected chi connectivity index (χ4v) is 2.28. The summed E-state index contributed by atoms with van der Waals surface area (Å²) in [5, 5.41) is 10.9. The first-order valence-corrected chi connectivity index (χ1v) is 5.80. The van der Waals surface area contributed by atoms with Gasteiger partial charge in [0.25, 0.3) is 0 Å². The number of hydrogen-bond donors (Lipinski definition) is 0. The Hall–Kier alpha value is -2.18. The van der Waals surface area contributed by atoms with E-state index in [1.807, 2.05) is 0 Å². The van der Waals surface area contributed by atoms with Gasteiger partial charge in [-0.05, 0) is 18.6 Å². The number of benzene rings is 1. The maximum absolute atomic E-state index is 13.5. The molecule has 1 aromatic rings. The van der Waals surface area contributed by atoms with Crippen LogP contribution in [-0.4, -0.2) is 31.1 Å². The minimum Gasteiger partial charge on any atom is -0.469 e. The summed E-state index contributed by atoms with van der Waals surface area (Å²) in [6, 6.07) is 3.96. The number of rotatable bonds is 3. The summed E-state index contributed by atoms with van der Waals surface area (Å²) in [6.07, 6.45) is 0.542. The second-order valence-electron chi connectivity index (χ2n) is 4.32. The van der Waals surface area contributed by atoms with Gasteiger partial charge in [0.05, 0.1) is 18.0 Å². The zero-order valence-electron chi connectivity index (χ0n) is 10.3. The number of nitrogens with zero attached hydrogens (tertiary/aromatic N) is 2. The van der Waals surface area contributed by atoms with Crippen molar-refractivity contribution in [2.75, 3.05) is 25.1 Å². The van der Waals surface area contributed by atoms with Crippen molar-refractivity contribution in [1.82, 2.24) is 0 Å². The lowest BCUT2D eigenvalue weighted by Gasteiger charge is -2.18. The average Bonchev–Trinajstić information content (AvgIpc) is 2.86. The van der Waals surface area contributed by atoms with Gasteiger partial charge >= 0.3 is 11.7 Å². The summed E-state index contributed by atoms with van der Waals surface area (Å²) in [4.78, 5) is 23.2. The van der Waals surface area contributed by atoms with Crippen LogP contribution in [0.25, 0.3) is 0 Å². The van der Waals surface area contributed by atoms with Gasteiger partial charge in [0, 0.05) is 13.1 Å². The minimum atomic E-state index is -0.871. The minimum absolute atomic E-state index is 0.205. The van der Waals surface area contributed by atoms with Gasteiger partial charge in [-0.1, -0.05) is 6.07 Å². The van der Waals surface area contributed by atoms with Crippen LogP contribution in [0.3, 0.4) is 0 Å². The molecule has 0 aromatic heterocycles. The molecule has 0 spiro atoms. The predicted octanol–water partition coefficient (Wildman–Crippen LogP) is 1.73. The van der Waals surface area contributed by atoms with Crippen molar-refractivity contribution in [2.24, 2.45) is 5.92 Å². The standard InChI is InChI=1S/C12H13FN2O4/c1-19-12(16)8-5-6-14(7-8)10-4-2-3-9(13)11(10)15(17)18/h2-4,8H,5-7H2,1H3. The first-order chi connectivity index (χ1) is 9.04. The van der Waals surface area contributed by atoms with Crippen LogP contribution >= 0.6 is 0 Å². The van der Waals surface area contributed by atoms with E-state index in [0.29, 0.717) is 19.5 Å². The lowest BCUT2D eigenvalue weighted by molar-refractivity contribution is -0.386. The van der Waals surface area contributed by atoms with Gasteiger partial charge in [0.1, 0.15) is 5.69 Å². The molecule has 6 nitrogen and oxygen atoms in total. The van der Waals surface area contributed by atoms with E-state index in [9.17, 15) is 19.3 Å². The van der Waals surface area contributed by atoms with Crippen molar-refractivity contribution < 1.29 is 18.8 Å². The Kier molecular flexibility index (Phi) is 3.64. The van der Waals surface area contributed by atoms with Gasteiger partial charge in [0.15, 0.2) is 0 Å². The molecule has 0 aliphatic carbocycles. The zero-order valence-corrected chi connectivity index (χ0v) is 10.3. The number of esters is 1. The molecule has 19 heavy (non-hydrogen) atoms. The molecule has 0 bridgehead atoms.